The molecule has 1 fully saturated rings. The van der Waals surface area contributed by atoms with Crippen molar-refractivity contribution in [2.75, 3.05) is 35.0 Å². The molecule has 3 aromatic carbocycles. The molecule has 6 N–H and O–H groups in total. The molecule has 47 heavy (non-hydrogen) atoms. The van der Waals surface area contributed by atoms with E-state index in [2.05, 4.69) is 75.7 Å². The molecule has 0 radical (unpaired) electrons. The fourth-order valence-electron chi connectivity index (χ4n) is 5.87. The second-order valence-corrected chi connectivity index (χ2v) is 16.9. The minimum absolute atomic E-state index is 0.00949. The normalized spacial score (nSPS) is 17.1. The maximum atomic E-state index is 13.9. The summed E-state index contributed by atoms with van der Waals surface area (Å²) in [6.45, 7) is 17.4. The number of hydrogen-bond donors (Lipinski definition) is 6. The first-order chi connectivity index (χ1) is 22.1. The van der Waals surface area contributed by atoms with Crippen LogP contribution in [-0.4, -0.2) is 57.7 Å². The number of aliphatic hydroxyl groups excluding tert-OH is 1. The summed E-state index contributed by atoms with van der Waals surface area (Å²) in [6.07, 6.45) is 1.19. The van der Waals surface area contributed by atoms with Crippen LogP contribution in [0.1, 0.15) is 93.9 Å². The molecule has 0 spiro atoms. The SMILES string of the molecule is CCNc1cc(C(=O)NC(Cc2ccccc2)C(O)CNCc2cc(C(C)(C)C)cc(C(C)(C)C)c2)cc(N2CCCCS2(O)O)c1. The molecule has 1 aliphatic heterocycles. The molecule has 1 heterocycles. The van der Waals surface area contributed by atoms with Gasteiger partial charge in [0.25, 0.3) is 5.91 Å². The van der Waals surface area contributed by atoms with Gasteiger partial charge < -0.3 is 21.1 Å². The molecule has 1 amide bonds. The lowest BCUT2D eigenvalue weighted by Crippen LogP contribution is -2.48. The van der Waals surface area contributed by atoms with Gasteiger partial charge in [-0.3, -0.25) is 18.2 Å². The molecule has 4 rings (SSSR count). The van der Waals surface area contributed by atoms with Gasteiger partial charge in [-0.25, -0.2) is 0 Å². The maximum absolute atomic E-state index is 13.9. The van der Waals surface area contributed by atoms with Crippen molar-refractivity contribution in [3.8, 4) is 0 Å². The van der Waals surface area contributed by atoms with E-state index in [1.165, 1.54) is 11.1 Å². The molecule has 0 aliphatic carbocycles. The van der Waals surface area contributed by atoms with Gasteiger partial charge in [0.15, 0.2) is 0 Å². The van der Waals surface area contributed by atoms with Crippen molar-refractivity contribution in [3.05, 3.63) is 94.5 Å². The van der Waals surface area contributed by atoms with E-state index >= 15 is 0 Å². The van der Waals surface area contributed by atoms with Crippen LogP contribution in [0.15, 0.2) is 66.7 Å². The van der Waals surface area contributed by atoms with Crippen molar-refractivity contribution in [2.45, 2.75) is 97.2 Å². The zero-order valence-electron chi connectivity index (χ0n) is 29.3. The molecule has 8 nitrogen and oxygen atoms in total. The molecule has 2 atom stereocenters. The van der Waals surface area contributed by atoms with E-state index in [1.807, 2.05) is 43.3 Å². The second kappa shape index (κ2) is 15.4. The molecule has 1 aliphatic rings. The van der Waals surface area contributed by atoms with Gasteiger partial charge in [-0.1, -0.05) is 90.1 Å². The Hall–Kier alpha value is -3.08. The van der Waals surface area contributed by atoms with Gasteiger partial charge in [-0.05, 0) is 77.5 Å². The smallest absolute Gasteiger partial charge is 0.251 e. The Morgan fingerprint density at radius 2 is 1.55 bits per heavy atom. The molecule has 2 unspecified atom stereocenters. The predicted molar refractivity (Wildman–Crippen MR) is 198 cm³/mol. The minimum Gasteiger partial charge on any atom is -0.390 e. The lowest BCUT2D eigenvalue weighted by molar-refractivity contribution is 0.0830. The Kier molecular flexibility index (Phi) is 12.1. The first-order valence-corrected chi connectivity index (χ1v) is 18.5. The summed E-state index contributed by atoms with van der Waals surface area (Å²) in [6, 6.07) is 21.4. The third-order valence-corrected chi connectivity index (χ3v) is 10.7. The Balaban J connectivity index is 1.54. The standard InChI is InChI=1S/C38H56N4O4S/c1-8-40-32-21-29(22-33(24-32)42-16-12-13-17-47(42,45)46)36(44)41-34(20-27-14-10-9-11-15-27)35(43)26-39-25-28-18-30(37(2,3)4)23-31(19-28)38(5,6)7/h9-11,14-15,18-19,21-24,34-35,39-40,43,45-46H,8,12-13,16-17,20,25-26H2,1-7H3,(H,41,44). The highest BCUT2D eigenvalue weighted by atomic mass is 32.3. The number of carbonyl (C=O) groups is 1. The fourth-order valence-corrected chi connectivity index (χ4v) is 7.54. The lowest BCUT2D eigenvalue weighted by Gasteiger charge is -2.47. The van der Waals surface area contributed by atoms with E-state index < -0.39 is 22.9 Å². The molecule has 0 aromatic heterocycles. The number of carbonyl (C=O) groups excluding carboxylic acids is 1. The molecule has 258 valence electrons. The van der Waals surface area contributed by atoms with Gasteiger partial charge in [0.1, 0.15) is 0 Å². The average molecular weight is 665 g/mol. The number of amides is 1. The van der Waals surface area contributed by atoms with Crippen LogP contribution in [0.3, 0.4) is 0 Å². The van der Waals surface area contributed by atoms with Gasteiger partial charge in [0, 0.05) is 37.4 Å². The monoisotopic (exact) mass is 664 g/mol. The summed E-state index contributed by atoms with van der Waals surface area (Å²) in [5.41, 5.74) is 6.47. The minimum atomic E-state index is -2.96. The van der Waals surface area contributed by atoms with E-state index in [-0.39, 0.29) is 16.7 Å². The molecule has 0 bridgehead atoms. The molecular formula is C38H56N4O4S. The topological polar surface area (TPSA) is 117 Å². The summed E-state index contributed by atoms with van der Waals surface area (Å²) in [5.74, 6) is -0.0109. The second-order valence-electron chi connectivity index (χ2n) is 14.8. The number of nitrogens with one attached hydrogen (secondary N) is 3. The predicted octanol–water partition coefficient (Wildman–Crippen LogP) is 7.47. The van der Waals surface area contributed by atoms with Crippen LogP contribution in [0, 0.1) is 0 Å². The number of benzene rings is 3. The van der Waals surface area contributed by atoms with Gasteiger partial charge in [0.05, 0.1) is 23.6 Å². The van der Waals surface area contributed by atoms with E-state index in [0.717, 1.165) is 29.7 Å². The number of anilines is 2. The van der Waals surface area contributed by atoms with Crippen LogP contribution in [0.5, 0.6) is 0 Å². The van der Waals surface area contributed by atoms with Crippen LogP contribution in [-0.2, 0) is 23.8 Å². The Morgan fingerprint density at radius 3 is 2.15 bits per heavy atom. The van der Waals surface area contributed by atoms with E-state index in [1.54, 1.807) is 16.4 Å². The Bertz CT molecular complexity index is 1450. The Morgan fingerprint density at radius 1 is 0.894 bits per heavy atom. The van der Waals surface area contributed by atoms with Crippen LogP contribution >= 0.6 is 10.8 Å². The van der Waals surface area contributed by atoms with Crippen LogP contribution < -0.4 is 20.3 Å². The van der Waals surface area contributed by atoms with Crippen molar-refractivity contribution in [1.82, 2.24) is 10.6 Å². The molecule has 1 saturated heterocycles. The van der Waals surface area contributed by atoms with Crippen LogP contribution in [0.4, 0.5) is 11.4 Å². The van der Waals surface area contributed by atoms with E-state index in [9.17, 15) is 19.0 Å². The fraction of sp³-hybridized carbons (Fsp3) is 0.500. The van der Waals surface area contributed by atoms with Crippen LogP contribution in [0.25, 0.3) is 0 Å². The molecule has 9 heteroatoms. The molecular weight excluding hydrogens is 609 g/mol. The summed E-state index contributed by atoms with van der Waals surface area (Å²) in [7, 11) is -2.96. The summed E-state index contributed by atoms with van der Waals surface area (Å²) < 4.78 is 23.2. The highest BCUT2D eigenvalue weighted by Gasteiger charge is 2.29. The van der Waals surface area contributed by atoms with E-state index in [0.29, 0.717) is 49.6 Å². The average Bonchev–Trinajstić information content (AvgIpc) is 3.00. The van der Waals surface area contributed by atoms with Gasteiger partial charge in [-0.2, -0.15) is 0 Å². The summed E-state index contributed by atoms with van der Waals surface area (Å²) in [4.78, 5) is 13.9. The third-order valence-electron chi connectivity index (χ3n) is 8.72. The molecule has 0 saturated carbocycles. The Labute approximate surface area is 283 Å². The first-order valence-electron chi connectivity index (χ1n) is 16.9. The van der Waals surface area contributed by atoms with Gasteiger partial charge in [0.2, 0.25) is 0 Å². The lowest BCUT2D eigenvalue weighted by atomic mass is 9.79. The van der Waals surface area contributed by atoms with Crippen molar-refractivity contribution in [1.29, 1.82) is 0 Å². The number of nitrogens with zero attached hydrogens (tertiary/aromatic N) is 1. The highest BCUT2D eigenvalue weighted by molar-refractivity contribution is 8.25. The summed E-state index contributed by atoms with van der Waals surface area (Å²) >= 11 is 0. The number of hydrogen-bond acceptors (Lipinski definition) is 7. The molecule has 3 aromatic rings. The quantitative estimate of drug-likeness (QED) is 0.119. The largest absolute Gasteiger partial charge is 0.390 e. The van der Waals surface area contributed by atoms with Gasteiger partial charge >= 0.3 is 0 Å². The van der Waals surface area contributed by atoms with Crippen molar-refractivity contribution in [3.63, 3.8) is 0 Å². The maximum Gasteiger partial charge on any atom is 0.251 e. The summed E-state index contributed by atoms with van der Waals surface area (Å²) in [5, 5.41) is 21.4. The van der Waals surface area contributed by atoms with Crippen LogP contribution in [0.2, 0.25) is 0 Å². The number of aliphatic hydroxyl groups is 1. The highest BCUT2D eigenvalue weighted by Crippen LogP contribution is 2.50. The zero-order chi connectivity index (χ0) is 34.4. The van der Waals surface area contributed by atoms with Gasteiger partial charge in [-0.15, -0.1) is 10.8 Å². The van der Waals surface area contributed by atoms with Crippen molar-refractivity contribution in [2.24, 2.45) is 0 Å². The van der Waals surface area contributed by atoms with E-state index in [4.69, 9.17) is 0 Å². The zero-order valence-corrected chi connectivity index (χ0v) is 30.1. The first kappa shape index (κ1) is 36.8. The third kappa shape index (κ3) is 10.2. The van der Waals surface area contributed by atoms with Crippen molar-refractivity contribution < 1.29 is 19.0 Å². The number of rotatable bonds is 12. The van der Waals surface area contributed by atoms with Crippen molar-refractivity contribution >= 4 is 28.1 Å².